The highest BCUT2D eigenvalue weighted by Crippen LogP contribution is 2.32. The summed E-state index contributed by atoms with van der Waals surface area (Å²) >= 11 is 0. The molecule has 2 bridgehead atoms. The van der Waals surface area contributed by atoms with Crippen molar-refractivity contribution in [3.63, 3.8) is 0 Å². The largest absolute Gasteiger partial charge is 0.332 e. The summed E-state index contributed by atoms with van der Waals surface area (Å²) in [7, 11) is 6.69. The van der Waals surface area contributed by atoms with Gasteiger partial charge in [0.15, 0.2) is 0 Å². The van der Waals surface area contributed by atoms with E-state index in [1.807, 2.05) is 12.4 Å². The molecule has 26 heavy (non-hydrogen) atoms. The Bertz CT molecular complexity index is 568. The number of hydrogen-bond donors (Lipinski definition) is 0. The normalized spacial score (nSPS) is 28.2. The van der Waals surface area contributed by atoms with Gasteiger partial charge >= 0.3 is 0 Å². The molecule has 1 aromatic heterocycles. The summed E-state index contributed by atoms with van der Waals surface area (Å²) in [5, 5.41) is 0. The van der Waals surface area contributed by atoms with Gasteiger partial charge in [0.2, 0.25) is 5.95 Å². The molecule has 0 N–H and O–H groups in total. The zero-order chi connectivity index (χ0) is 18.1. The van der Waals surface area contributed by atoms with Gasteiger partial charge in [-0.25, -0.2) is 9.97 Å². The summed E-state index contributed by atoms with van der Waals surface area (Å²) in [5.41, 5.74) is 1.23. The first-order valence-corrected chi connectivity index (χ1v) is 10.2. The Morgan fingerprint density at radius 2 is 1.58 bits per heavy atom. The lowest BCUT2D eigenvalue weighted by Gasteiger charge is -2.39. The smallest absolute Gasteiger partial charge is 0.225 e. The van der Waals surface area contributed by atoms with E-state index in [1.54, 1.807) is 0 Å². The van der Waals surface area contributed by atoms with Crippen LogP contribution < -0.4 is 4.90 Å². The lowest BCUT2D eigenvalue weighted by atomic mass is 9.96. The van der Waals surface area contributed by atoms with Crippen molar-refractivity contribution in [1.29, 1.82) is 0 Å². The standard InChI is InChI=1S/C20H34N6/c1-23-8-6-16(7-9-23)12-24(2)13-17-10-21-20(22-11-17)26-18-4-5-19(26)15-25(3)14-18/h10-11,16,18-19H,4-9,12-15H2,1-3H3. The van der Waals surface area contributed by atoms with Crippen LogP contribution in [-0.4, -0.2) is 90.6 Å². The maximum absolute atomic E-state index is 4.74. The number of fused-ring (bicyclic) bond motifs is 2. The fourth-order valence-electron chi connectivity index (χ4n) is 5.06. The van der Waals surface area contributed by atoms with Crippen LogP contribution in [-0.2, 0) is 6.54 Å². The van der Waals surface area contributed by atoms with Crippen LogP contribution in [0.1, 0.15) is 31.2 Å². The van der Waals surface area contributed by atoms with E-state index in [-0.39, 0.29) is 0 Å². The van der Waals surface area contributed by atoms with E-state index in [4.69, 9.17) is 9.97 Å². The Kier molecular flexibility index (Phi) is 5.43. The van der Waals surface area contributed by atoms with Gasteiger partial charge < -0.3 is 19.6 Å². The monoisotopic (exact) mass is 358 g/mol. The summed E-state index contributed by atoms with van der Waals surface area (Å²) in [6.45, 7) is 6.88. The number of likely N-dealkylation sites (tertiary alicyclic amines) is 2. The van der Waals surface area contributed by atoms with E-state index in [0.717, 1.165) is 31.5 Å². The Morgan fingerprint density at radius 3 is 2.19 bits per heavy atom. The molecule has 4 heterocycles. The van der Waals surface area contributed by atoms with Crippen LogP contribution >= 0.6 is 0 Å². The van der Waals surface area contributed by atoms with E-state index in [2.05, 4.69) is 40.7 Å². The van der Waals surface area contributed by atoms with E-state index in [1.165, 1.54) is 50.9 Å². The van der Waals surface area contributed by atoms with E-state index in [0.29, 0.717) is 12.1 Å². The second-order valence-corrected chi connectivity index (χ2v) is 8.85. The first-order chi connectivity index (χ1) is 12.6. The van der Waals surface area contributed by atoms with Crippen molar-refractivity contribution in [3.8, 4) is 0 Å². The van der Waals surface area contributed by atoms with Crippen molar-refractivity contribution < 1.29 is 0 Å². The minimum atomic E-state index is 0.594. The molecule has 0 spiro atoms. The van der Waals surface area contributed by atoms with Crippen LogP contribution in [0.5, 0.6) is 0 Å². The molecule has 3 saturated heterocycles. The summed E-state index contributed by atoms with van der Waals surface area (Å²) in [4.78, 5) is 19.3. The quantitative estimate of drug-likeness (QED) is 0.795. The zero-order valence-corrected chi connectivity index (χ0v) is 16.6. The number of piperazine rings is 1. The third-order valence-corrected chi connectivity index (χ3v) is 6.45. The van der Waals surface area contributed by atoms with Crippen LogP contribution in [0.4, 0.5) is 5.95 Å². The van der Waals surface area contributed by atoms with Gasteiger partial charge in [-0.15, -0.1) is 0 Å². The van der Waals surface area contributed by atoms with Crippen molar-refractivity contribution in [2.24, 2.45) is 5.92 Å². The third-order valence-electron chi connectivity index (χ3n) is 6.45. The Morgan fingerprint density at radius 1 is 0.962 bits per heavy atom. The molecular weight excluding hydrogens is 324 g/mol. The Balaban J connectivity index is 1.32. The molecule has 3 fully saturated rings. The molecule has 144 valence electrons. The lowest BCUT2D eigenvalue weighted by Crippen LogP contribution is -2.53. The van der Waals surface area contributed by atoms with Gasteiger partial charge in [0.1, 0.15) is 0 Å². The van der Waals surface area contributed by atoms with Gasteiger partial charge in [-0.1, -0.05) is 0 Å². The average molecular weight is 359 g/mol. The minimum Gasteiger partial charge on any atom is -0.332 e. The Labute approximate surface area is 158 Å². The molecule has 3 aliphatic rings. The van der Waals surface area contributed by atoms with Crippen molar-refractivity contribution in [2.75, 3.05) is 58.8 Å². The number of aromatic nitrogens is 2. The number of rotatable bonds is 5. The molecule has 6 nitrogen and oxygen atoms in total. The van der Waals surface area contributed by atoms with Crippen LogP contribution in [0, 0.1) is 5.92 Å². The maximum atomic E-state index is 4.74. The molecule has 3 aliphatic heterocycles. The SMILES string of the molecule is CN1CCC(CN(C)Cc2cnc(N3C4CCC3CN(C)C4)nc2)CC1. The topological polar surface area (TPSA) is 38.7 Å². The molecule has 0 saturated carbocycles. The van der Waals surface area contributed by atoms with Gasteiger partial charge in [-0.05, 0) is 65.8 Å². The molecule has 6 heteroatoms. The van der Waals surface area contributed by atoms with Crippen molar-refractivity contribution >= 4 is 5.95 Å². The van der Waals surface area contributed by atoms with E-state index < -0.39 is 0 Å². The number of piperidine rings is 1. The molecule has 2 atom stereocenters. The summed E-state index contributed by atoms with van der Waals surface area (Å²) in [5.74, 6) is 1.77. The first kappa shape index (κ1) is 18.1. The van der Waals surface area contributed by atoms with E-state index in [9.17, 15) is 0 Å². The third kappa shape index (κ3) is 4.02. The summed E-state index contributed by atoms with van der Waals surface area (Å²) < 4.78 is 0. The predicted molar refractivity (Wildman–Crippen MR) is 105 cm³/mol. The minimum absolute atomic E-state index is 0.594. The molecule has 4 rings (SSSR count). The fourth-order valence-corrected chi connectivity index (χ4v) is 5.06. The van der Waals surface area contributed by atoms with Gasteiger partial charge in [-0.2, -0.15) is 0 Å². The molecule has 1 aromatic rings. The summed E-state index contributed by atoms with van der Waals surface area (Å²) in [6.07, 6.45) is 9.29. The summed E-state index contributed by atoms with van der Waals surface area (Å²) in [6, 6.07) is 1.19. The molecule has 0 aromatic carbocycles. The molecule has 0 aliphatic carbocycles. The second kappa shape index (κ2) is 7.79. The van der Waals surface area contributed by atoms with E-state index >= 15 is 0 Å². The molecule has 2 unspecified atom stereocenters. The van der Waals surface area contributed by atoms with Crippen LogP contribution in [0.25, 0.3) is 0 Å². The number of hydrogen-bond acceptors (Lipinski definition) is 6. The second-order valence-electron chi connectivity index (χ2n) is 8.85. The zero-order valence-electron chi connectivity index (χ0n) is 16.6. The average Bonchev–Trinajstić information content (AvgIpc) is 2.89. The number of anilines is 1. The maximum Gasteiger partial charge on any atom is 0.225 e. The highest BCUT2D eigenvalue weighted by atomic mass is 15.4. The predicted octanol–water partition coefficient (Wildman–Crippen LogP) is 1.53. The first-order valence-electron chi connectivity index (χ1n) is 10.2. The fraction of sp³-hybridized carbons (Fsp3) is 0.800. The van der Waals surface area contributed by atoms with Gasteiger partial charge in [-0.3, -0.25) is 0 Å². The lowest BCUT2D eigenvalue weighted by molar-refractivity contribution is 0.173. The highest BCUT2D eigenvalue weighted by molar-refractivity contribution is 5.37. The Hall–Kier alpha value is -1.24. The molecule has 0 radical (unpaired) electrons. The van der Waals surface area contributed by atoms with Gasteiger partial charge in [0.05, 0.1) is 0 Å². The number of likely N-dealkylation sites (N-methyl/N-ethyl adjacent to an activating group) is 1. The molecule has 0 amide bonds. The van der Waals surface area contributed by atoms with Crippen LogP contribution in [0.2, 0.25) is 0 Å². The molecular formula is C20H34N6. The van der Waals surface area contributed by atoms with Crippen molar-refractivity contribution in [2.45, 2.75) is 44.3 Å². The number of nitrogens with zero attached hydrogens (tertiary/aromatic N) is 6. The van der Waals surface area contributed by atoms with Crippen LogP contribution in [0.3, 0.4) is 0 Å². The van der Waals surface area contributed by atoms with Crippen LogP contribution in [0.15, 0.2) is 12.4 Å². The van der Waals surface area contributed by atoms with Gasteiger partial charge in [0, 0.05) is 56.2 Å². The van der Waals surface area contributed by atoms with Crippen molar-refractivity contribution in [1.82, 2.24) is 24.7 Å². The highest BCUT2D eigenvalue weighted by Gasteiger charge is 2.40. The van der Waals surface area contributed by atoms with Crippen molar-refractivity contribution in [3.05, 3.63) is 18.0 Å². The van der Waals surface area contributed by atoms with Gasteiger partial charge in [0.25, 0.3) is 0 Å².